The van der Waals surface area contributed by atoms with Gasteiger partial charge in [0, 0.05) is 19.1 Å². The molecule has 118 valence electrons. The zero-order chi connectivity index (χ0) is 15.2. The smallest absolute Gasteiger partial charge is 0.0452 e. The van der Waals surface area contributed by atoms with Gasteiger partial charge in [0.2, 0.25) is 0 Å². The molecule has 0 bridgehead atoms. The molecule has 1 fully saturated rings. The van der Waals surface area contributed by atoms with Crippen LogP contribution in [0.25, 0.3) is 0 Å². The van der Waals surface area contributed by atoms with Gasteiger partial charge in [-0.1, -0.05) is 37.6 Å². The fourth-order valence-corrected chi connectivity index (χ4v) is 2.98. The van der Waals surface area contributed by atoms with Crippen LogP contribution < -0.4 is 5.32 Å². The molecule has 21 heavy (non-hydrogen) atoms. The Kier molecular flexibility index (Phi) is 6.25. The third-order valence-corrected chi connectivity index (χ3v) is 4.55. The highest BCUT2D eigenvalue weighted by atomic mass is 15.1. The summed E-state index contributed by atoms with van der Waals surface area (Å²) in [6, 6.07) is 7.32. The van der Waals surface area contributed by atoms with Crippen molar-refractivity contribution in [2.45, 2.75) is 53.0 Å². The second-order valence-corrected chi connectivity index (χ2v) is 6.66. The highest BCUT2D eigenvalue weighted by Gasteiger charge is 2.25. The SMILES string of the molecule is CCCNC(CN(CC)CC1CC1)c1cc(C)ccc1C. The number of benzene rings is 1. The van der Waals surface area contributed by atoms with Crippen LogP contribution in [0.4, 0.5) is 0 Å². The van der Waals surface area contributed by atoms with E-state index in [0.29, 0.717) is 6.04 Å². The third kappa shape index (κ3) is 5.12. The van der Waals surface area contributed by atoms with Gasteiger partial charge in [0.25, 0.3) is 0 Å². The van der Waals surface area contributed by atoms with Crippen LogP contribution in [0.3, 0.4) is 0 Å². The zero-order valence-corrected chi connectivity index (χ0v) is 14.3. The van der Waals surface area contributed by atoms with Gasteiger partial charge in [0.1, 0.15) is 0 Å². The van der Waals surface area contributed by atoms with Crippen LogP contribution in [0, 0.1) is 19.8 Å². The Morgan fingerprint density at radius 1 is 1.24 bits per heavy atom. The first kappa shape index (κ1) is 16.5. The molecule has 0 heterocycles. The van der Waals surface area contributed by atoms with Gasteiger partial charge in [-0.05, 0) is 63.2 Å². The molecule has 1 saturated carbocycles. The molecule has 1 aliphatic rings. The summed E-state index contributed by atoms with van der Waals surface area (Å²) in [6.07, 6.45) is 4.07. The quantitative estimate of drug-likeness (QED) is 0.736. The molecule has 2 nitrogen and oxygen atoms in total. The molecule has 0 radical (unpaired) electrons. The largest absolute Gasteiger partial charge is 0.309 e. The molecule has 1 aromatic carbocycles. The molecule has 0 spiro atoms. The summed E-state index contributed by atoms with van der Waals surface area (Å²) in [5, 5.41) is 3.77. The fraction of sp³-hybridized carbons (Fsp3) is 0.684. The number of likely N-dealkylation sites (N-methyl/N-ethyl adjacent to an activating group) is 1. The standard InChI is InChI=1S/C19H32N2/c1-5-11-20-19(14-21(6-2)13-17-9-10-17)18-12-15(3)7-8-16(18)4/h7-8,12,17,19-20H,5-6,9-11,13-14H2,1-4H3. The minimum absolute atomic E-state index is 0.462. The number of hydrogen-bond acceptors (Lipinski definition) is 2. The lowest BCUT2D eigenvalue weighted by Gasteiger charge is -2.29. The van der Waals surface area contributed by atoms with E-state index in [9.17, 15) is 0 Å². The number of nitrogens with zero attached hydrogens (tertiary/aromatic N) is 1. The third-order valence-electron chi connectivity index (χ3n) is 4.55. The average Bonchev–Trinajstić information content (AvgIpc) is 3.29. The second kappa shape index (κ2) is 7.95. The monoisotopic (exact) mass is 288 g/mol. The highest BCUT2D eigenvalue weighted by Crippen LogP contribution is 2.30. The summed E-state index contributed by atoms with van der Waals surface area (Å²) in [7, 11) is 0. The number of nitrogens with one attached hydrogen (secondary N) is 1. The lowest BCUT2D eigenvalue weighted by molar-refractivity contribution is 0.244. The van der Waals surface area contributed by atoms with Crippen molar-refractivity contribution in [2.75, 3.05) is 26.2 Å². The predicted octanol–water partition coefficient (Wildman–Crippen LogP) is 4.08. The van der Waals surface area contributed by atoms with Crippen LogP contribution in [0.15, 0.2) is 18.2 Å². The van der Waals surface area contributed by atoms with Gasteiger partial charge < -0.3 is 10.2 Å². The maximum atomic E-state index is 3.77. The molecular formula is C19H32N2. The van der Waals surface area contributed by atoms with Crippen molar-refractivity contribution in [2.24, 2.45) is 5.92 Å². The average molecular weight is 288 g/mol. The molecule has 2 heteroatoms. The zero-order valence-electron chi connectivity index (χ0n) is 14.3. The molecule has 2 rings (SSSR count). The number of hydrogen-bond donors (Lipinski definition) is 1. The Labute approximate surface area is 130 Å². The van der Waals surface area contributed by atoms with Gasteiger partial charge in [-0.2, -0.15) is 0 Å². The van der Waals surface area contributed by atoms with Crippen LogP contribution in [-0.4, -0.2) is 31.1 Å². The Balaban J connectivity index is 2.09. The van der Waals surface area contributed by atoms with Gasteiger partial charge in [-0.15, -0.1) is 0 Å². The van der Waals surface area contributed by atoms with Crippen molar-refractivity contribution in [3.8, 4) is 0 Å². The summed E-state index contributed by atoms with van der Waals surface area (Å²) in [5.74, 6) is 0.968. The van der Waals surface area contributed by atoms with E-state index in [1.165, 1.54) is 42.5 Å². The minimum Gasteiger partial charge on any atom is -0.309 e. The van der Waals surface area contributed by atoms with Gasteiger partial charge in [-0.3, -0.25) is 0 Å². The lowest BCUT2D eigenvalue weighted by atomic mass is 9.98. The molecule has 1 aliphatic carbocycles. The first-order valence-electron chi connectivity index (χ1n) is 8.66. The molecule has 1 aromatic rings. The Hall–Kier alpha value is -0.860. The molecule has 1 atom stereocenters. The molecule has 0 aliphatic heterocycles. The molecule has 0 amide bonds. The van der Waals surface area contributed by atoms with E-state index >= 15 is 0 Å². The molecular weight excluding hydrogens is 256 g/mol. The molecule has 0 aromatic heterocycles. The van der Waals surface area contributed by atoms with Crippen molar-refractivity contribution < 1.29 is 0 Å². The number of aryl methyl sites for hydroxylation is 2. The van der Waals surface area contributed by atoms with Crippen molar-refractivity contribution in [3.63, 3.8) is 0 Å². The van der Waals surface area contributed by atoms with E-state index in [0.717, 1.165) is 25.6 Å². The van der Waals surface area contributed by atoms with Crippen LogP contribution in [0.5, 0.6) is 0 Å². The van der Waals surface area contributed by atoms with E-state index in [2.05, 4.69) is 56.1 Å². The van der Waals surface area contributed by atoms with Crippen LogP contribution in [-0.2, 0) is 0 Å². The predicted molar refractivity (Wildman–Crippen MR) is 91.8 cm³/mol. The lowest BCUT2D eigenvalue weighted by Crippen LogP contribution is -2.37. The van der Waals surface area contributed by atoms with E-state index in [-0.39, 0.29) is 0 Å². The summed E-state index contributed by atoms with van der Waals surface area (Å²) in [5.41, 5.74) is 4.26. The topological polar surface area (TPSA) is 15.3 Å². The van der Waals surface area contributed by atoms with Gasteiger partial charge in [0.05, 0.1) is 0 Å². The Morgan fingerprint density at radius 3 is 2.62 bits per heavy atom. The fourth-order valence-electron chi connectivity index (χ4n) is 2.98. The van der Waals surface area contributed by atoms with Gasteiger partial charge in [0.15, 0.2) is 0 Å². The Bertz CT molecular complexity index is 437. The summed E-state index contributed by atoms with van der Waals surface area (Å²) < 4.78 is 0. The van der Waals surface area contributed by atoms with E-state index in [1.807, 2.05) is 0 Å². The maximum absolute atomic E-state index is 3.77. The Morgan fingerprint density at radius 2 is 2.00 bits per heavy atom. The van der Waals surface area contributed by atoms with E-state index in [1.54, 1.807) is 0 Å². The first-order valence-corrected chi connectivity index (χ1v) is 8.66. The van der Waals surface area contributed by atoms with Crippen LogP contribution in [0.2, 0.25) is 0 Å². The summed E-state index contributed by atoms with van der Waals surface area (Å²) in [6.45, 7) is 13.7. The summed E-state index contributed by atoms with van der Waals surface area (Å²) in [4.78, 5) is 2.63. The van der Waals surface area contributed by atoms with Crippen molar-refractivity contribution >= 4 is 0 Å². The van der Waals surface area contributed by atoms with Crippen LogP contribution in [0.1, 0.15) is 55.8 Å². The number of rotatable bonds is 9. The van der Waals surface area contributed by atoms with Crippen molar-refractivity contribution in [3.05, 3.63) is 34.9 Å². The van der Waals surface area contributed by atoms with Gasteiger partial charge >= 0.3 is 0 Å². The molecule has 1 unspecified atom stereocenters. The van der Waals surface area contributed by atoms with Crippen molar-refractivity contribution in [1.82, 2.24) is 10.2 Å². The van der Waals surface area contributed by atoms with Gasteiger partial charge in [-0.25, -0.2) is 0 Å². The van der Waals surface area contributed by atoms with E-state index < -0.39 is 0 Å². The van der Waals surface area contributed by atoms with Crippen molar-refractivity contribution in [1.29, 1.82) is 0 Å². The minimum atomic E-state index is 0.462. The molecule has 0 saturated heterocycles. The first-order chi connectivity index (χ1) is 10.1. The second-order valence-electron chi connectivity index (χ2n) is 6.66. The maximum Gasteiger partial charge on any atom is 0.0452 e. The highest BCUT2D eigenvalue weighted by molar-refractivity contribution is 5.33. The van der Waals surface area contributed by atoms with E-state index in [4.69, 9.17) is 0 Å². The van der Waals surface area contributed by atoms with Crippen LogP contribution >= 0.6 is 0 Å². The normalized spacial score (nSPS) is 16.4. The summed E-state index contributed by atoms with van der Waals surface area (Å²) >= 11 is 0. The molecule has 1 N–H and O–H groups in total.